The number of aliphatic hydroxyl groups excluding tert-OH is 5. The molecule has 0 fully saturated rings. The van der Waals surface area contributed by atoms with Crippen LogP contribution in [-0.4, -0.2) is 106 Å². The molecule has 6 unspecified atom stereocenters. The molecule has 0 saturated heterocycles. The SMILES string of the molecule is COC(C)O.COC(C)O.COC(C)O.COC(C)O.COC(C)O.COC(C)[O-].[K+].[Nb]. The zero-order valence-corrected chi connectivity index (χ0v) is 27.3. The summed E-state index contributed by atoms with van der Waals surface area (Å²) in [6.07, 6.45) is -3.94. The zero-order chi connectivity index (χ0) is 25.7. The molecule has 0 aromatic heterocycles. The Morgan fingerprint density at radius 2 is 0.500 bits per heavy atom. The van der Waals surface area contributed by atoms with Crippen LogP contribution in [0.1, 0.15) is 41.5 Å². The smallest absolute Gasteiger partial charge is 0.831 e. The molecule has 0 aliphatic rings. The van der Waals surface area contributed by atoms with Gasteiger partial charge in [-0.05, 0) is 40.9 Å². The Kier molecular flexibility index (Phi) is 85.3. The molecule has 0 aliphatic carbocycles. The third-order valence-corrected chi connectivity index (χ3v) is 2.04. The maximum absolute atomic E-state index is 9.67. The second kappa shape index (κ2) is 49.9. The molecule has 12 nitrogen and oxygen atoms in total. The normalized spacial score (nSPS) is 14.1. The van der Waals surface area contributed by atoms with E-state index in [0.717, 1.165) is 0 Å². The fourth-order valence-corrected chi connectivity index (χ4v) is 0. The van der Waals surface area contributed by atoms with Crippen molar-refractivity contribution in [1.82, 2.24) is 0 Å². The van der Waals surface area contributed by atoms with E-state index < -0.39 is 37.7 Å². The number of ether oxygens (including phenoxy) is 6. The van der Waals surface area contributed by atoms with Crippen molar-refractivity contribution in [2.24, 2.45) is 0 Å². The van der Waals surface area contributed by atoms with E-state index >= 15 is 0 Å². The summed E-state index contributed by atoms with van der Waals surface area (Å²) in [6.45, 7) is 9.22. The van der Waals surface area contributed by atoms with Gasteiger partial charge in [0.05, 0.1) is 0 Å². The van der Waals surface area contributed by atoms with Crippen LogP contribution < -0.4 is 56.5 Å². The van der Waals surface area contributed by atoms with Crippen molar-refractivity contribution < 1.29 is 133 Å². The average Bonchev–Trinajstić information content (AvgIpc) is 2.69. The van der Waals surface area contributed by atoms with Crippen LogP contribution in [0.2, 0.25) is 0 Å². The number of hydrogen-bond acceptors (Lipinski definition) is 12. The molecule has 197 valence electrons. The van der Waals surface area contributed by atoms with Crippen molar-refractivity contribution in [2.45, 2.75) is 79.3 Å². The summed E-state index contributed by atoms with van der Waals surface area (Å²) in [5.74, 6) is 0. The van der Waals surface area contributed by atoms with Crippen LogP contribution in [0.4, 0.5) is 0 Å². The van der Waals surface area contributed by atoms with E-state index in [-0.39, 0.29) is 73.8 Å². The van der Waals surface area contributed by atoms with Crippen molar-refractivity contribution in [2.75, 3.05) is 42.7 Å². The number of hydrogen-bond donors (Lipinski definition) is 5. The maximum atomic E-state index is 9.67. The third kappa shape index (κ3) is 158. The van der Waals surface area contributed by atoms with Gasteiger partial charge in [-0.25, -0.2) is 0 Å². The Labute approximate surface area is 252 Å². The summed E-state index contributed by atoms with van der Waals surface area (Å²) < 4.78 is 25.7. The first-order chi connectivity index (χ1) is 13.6. The second-order valence-electron chi connectivity index (χ2n) is 4.98. The van der Waals surface area contributed by atoms with Gasteiger partial charge in [-0.15, -0.1) is 0 Å². The Bertz CT molecular complexity index is 188. The summed E-state index contributed by atoms with van der Waals surface area (Å²) in [6, 6.07) is 0. The van der Waals surface area contributed by atoms with Crippen LogP contribution in [-0.2, 0) is 50.8 Å². The van der Waals surface area contributed by atoms with Crippen LogP contribution >= 0.6 is 0 Å². The second-order valence-corrected chi connectivity index (χ2v) is 4.98. The fourth-order valence-electron chi connectivity index (χ4n) is 0. The van der Waals surface area contributed by atoms with Crippen molar-refractivity contribution >= 4 is 0 Å². The zero-order valence-electron chi connectivity index (χ0n) is 22.0. The van der Waals surface area contributed by atoms with Crippen molar-refractivity contribution in [3.63, 3.8) is 0 Å². The summed E-state index contributed by atoms with van der Waals surface area (Å²) in [5.41, 5.74) is 0. The molecule has 5 N–H and O–H groups in total. The quantitative estimate of drug-likeness (QED) is 0.151. The van der Waals surface area contributed by atoms with E-state index in [1.165, 1.54) is 49.6 Å². The van der Waals surface area contributed by atoms with Crippen LogP contribution in [0.3, 0.4) is 0 Å². The van der Waals surface area contributed by atoms with Crippen molar-refractivity contribution in [3.05, 3.63) is 0 Å². The van der Waals surface area contributed by atoms with Gasteiger partial charge in [-0.1, -0.05) is 6.92 Å². The minimum Gasteiger partial charge on any atom is -0.831 e. The third-order valence-electron chi connectivity index (χ3n) is 2.04. The van der Waals surface area contributed by atoms with Gasteiger partial charge >= 0.3 is 51.4 Å². The molecule has 0 aromatic carbocycles. The molecule has 0 aliphatic heterocycles. The van der Waals surface area contributed by atoms with Crippen molar-refractivity contribution in [3.8, 4) is 0 Å². The minimum absolute atomic E-state index is 0. The van der Waals surface area contributed by atoms with E-state index in [1.807, 2.05) is 0 Å². The molecule has 0 amide bonds. The summed E-state index contributed by atoms with van der Waals surface area (Å²) in [5, 5.41) is 50.4. The molecule has 0 heterocycles. The maximum Gasteiger partial charge on any atom is 1.00 e. The Hall–Kier alpha value is 1.90. The molecule has 0 spiro atoms. The van der Waals surface area contributed by atoms with Gasteiger partial charge in [0.25, 0.3) is 0 Å². The van der Waals surface area contributed by atoms with Crippen LogP contribution in [0, 0.1) is 0 Å². The largest absolute Gasteiger partial charge is 1.00 e. The van der Waals surface area contributed by atoms with Gasteiger partial charge in [0.2, 0.25) is 0 Å². The first kappa shape index (κ1) is 54.7. The number of aliphatic hydroxyl groups is 5. The molecule has 0 rings (SSSR count). The van der Waals surface area contributed by atoms with Gasteiger partial charge in [-0.2, -0.15) is 0 Å². The Morgan fingerprint density at radius 1 is 0.438 bits per heavy atom. The average molecular weight is 588 g/mol. The van der Waals surface area contributed by atoms with E-state index in [9.17, 15) is 5.11 Å². The molecule has 32 heavy (non-hydrogen) atoms. The van der Waals surface area contributed by atoms with Gasteiger partial charge in [0.1, 0.15) is 0 Å². The predicted molar refractivity (Wildman–Crippen MR) is 110 cm³/mol. The molecule has 0 saturated carbocycles. The molecule has 6 atom stereocenters. The number of methoxy groups -OCH3 is 6. The predicted octanol–water partition coefficient (Wildman–Crippen LogP) is -3.80. The van der Waals surface area contributed by atoms with Gasteiger partial charge in [0.15, 0.2) is 31.5 Å². The van der Waals surface area contributed by atoms with E-state index in [0.29, 0.717) is 0 Å². The monoisotopic (exact) mass is 587 g/mol. The van der Waals surface area contributed by atoms with Crippen LogP contribution in [0.5, 0.6) is 0 Å². The molecular formula is C18H47KNbO12. The molecular weight excluding hydrogens is 540 g/mol. The van der Waals surface area contributed by atoms with Gasteiger partial charge < -0.3 is 59.1 Å². The summed E-state index contributed by atoms with van der Waals surface area (Å²) >= 11 is 0. The molecule has 0 bridgehead atoms. The van der Waals surface area contributed by atoms with Gasteiger partial charge in [0, 0.05) is 65.0 Å². The standard InChI is InChI=1S/5C3H8O2.C3H7O2.K.Nb/c6*1-3(4)5-2;;/h5*3-4H,1-2H3;3H,1-2H3;;/q;;;;;-1;+1;. The van der Waals surface area contributed by atoms with Crippen LogP contribution in [0.15, 0.2) is 0 Å². The molecule has 1 radical (unpaired) electrons. The van der Waals surface area contributed by atoms with Gasteiger partial charge in [-0.3, -0.25) is 0 Å². The van der Waals surface area contributed by atoms with E-state index in [2.05, 4.69) is 28.4 Å². The first-order valence-corrected chi connectivity index (χ1v) is 8.85. The minimum atomic E-state index is -0.866. The van der Waals surface area contributed by atoms with Crippen LogP contribution in [0.25, 0.3) is 0 Å². The fraction of sp³-hybridized carbons (Fsp3) is 1.00. The molecule has 0 aromatic rings. The summed E-state index contributed by atoms with van der Waals surface area (Å²) in [4.78, 5) is 0. The Balaban J connectivity index is -0.0000000356. The summed E-state index contributed by atoms with van der Waals surface area (Å²) in [7, 11) is 8.63. The van der Waals surface area contributed by atoms with E-state index in [1.54, 1.807) is 34.6 Å². The topological polar surface area (TPSA) is 180 Å². The number of rotatable bonds is 6. The van der Waals surface area contributed by atoms with E-state index in [4.69, 9.17) is 25.5 Å². The Morgan fingerprint density at radius 3 is 0.500 bits per heavy atom. The molecule has 14 heteroatoms. The van der Waals surface area contributed by atoms with Crippen molar-refractivity contribution in [1.29, 1.82) is 0 Å². The first-order valence-electron chi connectivity index (χ1n) is 8.85.